The van der Waals surface area contributed by atoms with Crippen molar-refractivity contribution < 1.29 is 14.3 Å². The van der Waals surface area contributed by atoms with Crippen molar-refractivity contribution in [2.24, 2.45) is 0 Å². The van der Waals surface area contributed by atoms with Crippen LogP contribution in [0.25, 0.3) is 0 Å². The van der Waals surface area contributed by atoms with Crippen LogP contribution in [-0.4, -0.2) is 43.9 Å². The highest BCUT2D eigenvalue weighted by molar-refractivity contribution is 5.97. The molecular formula is C13H19N3O3. The van der Waals surface area contributed by atoms with Gasteiger partial charge in [-0.1, -0.05) is 0 Å². The van der Waals surface area contributed by atoms with E-state index >= 15 is 0 Å². The van der Waals surface area contributed by atoms with Gasteiger partial charge in [0.15, 0.2) is 5.82 Å². The zero-order chi connectivity index (χ0) is 13.7. The Morgan fingerprint density at radius 3 is 3.16 bits per heavy atom. The molecule has 0 radical (unpaired) electrons. The van der Waals surface area contributed by atoms with Crippen molar-refractivity contribution in [3.63, 3.8) is 0 Å². The normalized spacial score (nSPS) is 15.9. The van der Waals surface area contributed by atoms with Gasteiger partial charge in [0.25, 0.3) is 0 Å². The SMILES string of the molecule is CCOC(=O)c1ccnc(N2CCCOCC2)c1N. The van der Waals surface area contributed by atoms with Gasteiger partial charge in [0.2, 0.25) is 0 Å². The number of hydrogen-bond donors (Lipinski definition) is 1. The fourth-order valence-electron chi connectivity index (χ4n) is 2.06. The number of nitrogen functional groups attached to an aromatic ring is 1. The largest absolute Gasteiger partial charge is 0.462 e. The monoisotopic (exact) mass is 265 g/mol. The highest BCUT2D eigenvalue weighted by Crippen LogP contribution is 2.25. The molecule has 2 N–H and O–H groups in total. The first kappa shape index (κ1) is 13.6. The van der Waals surface area contributed by atoms with E-state index in [9.17, 15) is 4.79 Å². The van der Waals surface area contributed by atoms with Crippen molar-refractivity contribution in [2.45, 2.75) is 13.3 Å². The summed E-state index contributed by atoms with van der Waals surface area (Å²) in [6.07, 6.45) is 2.51. The number of nitrogens with zero attached hydrogens (tertiary/aromatic N) is 2. The summed E-state index contributed by atoms with van der Waals surface area (Å²) in [5, 5.41) is 0. The van der Waals surface area contributed by atoms with E-state index in [1.54, 1.807) is 19.2 Å². The molecule has 6 heteroatoms. The molecule has 1 saturated heterocycles. The second-order valence-electron chi connectivity index (χ2n) is 4.27. The van der Waals surface area contributed by atoms with E-state index in [0.717, 1.165) is 26.1 Å². The van der Waals surface area contributed by atoms with Crippen LogP contribution in [0.2, 0.25) is 0 Å². The Balaban J connectivity index is 2.25. The molecule has 1 aliphatic rings. The molecule has 0 atom stereocenters. The maximum Gasteiger partial charge on any atom is 0.340 e. The molecule has 0 saturated carbocycles. The van der Waals surface area contributed by atoms with E-state index in [2.05, 4.69) is 4.98 Å². The van der Waals surface area contributed by atoms with E-state index in [1.165, 1.54) is 0 Å². The molecule has 1 aromatic rings. The van der Waals surface area contributed by atoms with Crippen LogP contribution in [0.15, 0.2) is 12.3 Å². The molecule has 1 fully saturated rings. The molecule has 0 spiro atoms. The van der Waals surface area contributed by atoms with Crippen LogP contribution in [-0.2, 0) is 9.47 Å². The van der Waals surface area contributed by atoms with Crippen molar-refractivity contribution in [1.82, 2.24) is 4.98 Å². The molecule has 6 nitrogen and oxygen atoms in total. The molecule has 0 aliphatic carbocycles. The second-order valence-corrected chi connectivity index (χ2v) is 4.27. The minimum absolute atomic E-state index is 0.327. The van der Waals surface area contributed by atoms with E-state index in [4.69, 9.17) is 15.2 Å². The third-order valence-corrected chi connectivity index (χ3v) is 2.99. The van der Waals surface area contributed by atoms with Crippen molar-refractivity contribution in [2.75, 3.05) is 43.5 Å². The van der Waals surface area contributed by atoms with Gasteiger partial charge < -0.3 is 20.1 Å². The van der Waals surface area contributed by atoms with Crippen LogP contribution in [0.1, 0.15) is 23.7 Å². The van der Waals surface area contributed by atoms with E-state index in [0.29, 0.717) is 30.3 Å². The lowest BCUT2D eigenvalue weighted by Crippen LogP contribution is -2.28. The standard InChI is InChI=1S/C13H19N3O3/c1-2-19-13(17)10-4-5-15-12(11(10)14)16-6-3-8-18-9-7-16/h4-5H,2-3,6-9,14H2,1H3. The Bertz CT molecular complexity index is 443. The number of esters is 1. The first-order valence-corrected chi connectivity index (χ1v) is 6.48. The summed E-state index contributed by atoms with van der Waals surface area (Å²) < 4.78 is 10.4. The zero-order valence-corrected chi connectivity index (χ0v) is 11.1. The van der Waals surface area contributed by atoms with E-state index < -0.39 is 5.97 Å². The van der Waals surface area contributed by atoms with Gasteiger partial charge in [-0.25, -0.2) is 9.78 Å². The Morgan fingerprint density at radius 2 is 2.37 bits per heavy atom. The first-order valence-electron chi connectivity index (χ1n) is 6.48. The molecule has 0 bridgehead atoms. The number of anilines is 2. The molecule has 1 aromatic heterocycles. The minimum atomic E-state index is -0.408. The summed E-state index contributed by atoms with van der Waals surface area (Å²) in [5.74, 6) is 0.228. The summed E-state index contributed by atoms with van der Waals surface area (Å²) in [5.41, 5.74) is 6.80. The summed E-state index contributed by atoms with van der Waals surface area (Å²) in [4.78, 5) is 18.1. The molecular weight excluding hydrogens is 246 g/mol. The van der Waals surface area contributed by atoms with E-state index in [-0.39, 0.29) is 0 Å². The van der Waals surface area contributed by atoms with Gasteiger partial charge in [-0.15, -0.1) is 0 Å². The van der Waals surface area contributed by atoms with Crippen LogP contribution in [0.3, 0.4) is 0 Å². The lowest BCUT2D eigenvalue weighted by Gasteiger charge is -2.22. The van der Waals surface area contributed by atoms with Gasteiger partial charge in [0.1, 0.15) is 0 Å². The Kier molecular flexibility index (Phi) is 4.57. The van der Waals surface area contributed by atoms with Gasteiger partial charge >= 0.3 is 5.97 Å². The maximum absolute atomic E-state index is 11.8. The van der Waals surface area contributed by atoms with Crippen LogP contribution in [0.4, 0.5) is 11.5 Å². The number of ether oxygens (including phenoxy) is 2. The molecule has 1 aliphatic heterocycles. The predicted octanol–water partition coefficient (Wildman–Crippen LogP) is 1.07. The summed E-state index contributed by atoms with van der Waals surface area (Å²) in [6, 6.07) is 1.59. The molecule has 2 rings (SSSR count). The van der Waals surface area contributed by atoms with Gasteiger partial charge in [-0.3, -0.25) is 0 Å². The van der Waals surface area contributed by atoms with Crippen molar-refractivity contribution in [3.8, 4) is 0 Å². The fourth-order valence-corrected chi connectivity index (χ4v) is 2.06. The quantitative estimate of drug-likeness (QED) is 0.824. The molecule has 0 amide bonds. The number of aromatic nitrogens is 1. The lowest BCUT2D eigenvalue weighted by molar-refractivity contribution is 0.0527. The highest BCUT2D eigenvalue weighted by atomic mass is 16.5. The molecule has 2 heterocycles. The third kappa shape index (κ3) is 3.14. The molecule has 0 unspecified atom stereocenters. The van der Waals surface area contributed by atoms with E-state index in [1.807, 2.05) is 4.90 Å². The highest BCUT2D eigenvalue weighted by Gasteiger charge is 2.19. The average molecular weight is 265 g/mol. The topological polar surface area (TPSA) is 77.7 Å². The Morgan fingerprint density at radius 1 is 1.53 bits per heavy atom. The average Bonchev–Trinajstić information content (AvgIpc) is 2.68. The van der Waals surface area contributed by atoms with Gasteiger partial charge in [0.05, 0.1) is 24.5 Å². The van der Waals surface area contributed by atoms with Crippen molar-refractivity contribution in [3.05, 3.63) is 17.8 Å². The zero-order valence-electron chi connectivity index (χ0n) is 11.1. The van der Waals surface area contributed by atoms with Gasteiger partial charge in [-0.2, -0.15) is 0 Å². The third-order valence-electron chi connectivity index (χ3n) is 2.99. The number of rotatable bonds is 3. The van der Waals surface area contributed by atoms with Crippen molar-refractivity contribution in [1.29, 1.82) is 0 Å². The van der Waals surface area contributed by atoms with Crippen LogP contribution in [0.5, 0.6) is 0 Å². The van der Waals surface area contributed by atoms with Gasteiger partial charge in [-0.05, 0) is 19.4 Å². The second kappa shape index (κ2) is 6.38. The van der Waals surface area contributed by atoms with Crippen LogP contribution in [0, 0.1) is 0 Å². The molecule has 19 heavy (non-hydrogen) atoms. The summed E-state index contributed by atoms with van der Waals surface area (Å²) in [7, 11) is 0. The Hall–Kier alpha value is -1.82. The van der Waals surface area contributed by atoms with Crippen LogP contribution >= 0.6 is 0 Å². The number of nitrogens with two attached hydrogens (primary N) is 1. The number of carbonyl (C=O) groups is 1. The van der Waals surface area contributed by atoms with Crippen LogP contribution < -0.4 is 10.6 Å². The van der Waals surface area contributed by atoms with Crippen molar-refractivity contribution >= 4 is 17.5 Å². The molecule has 0 aromatic carbocycles. The fraction of sp³-hybridized carbons (Fsp3) is 0.538. The predicted molar refractivity (Wildman–Crippen MR) is 72.3 cm³/mol. The Labute approximate surface area is 112 Å². The summed E-state index contributed by atoms with van der Waals surface area (Å²) >= 11 is 0. The number of pyridine rings is 1. The number of hydrogen-bond acceptors (Lipinski definition) is 6. The number of carbonyl (C=O) groups excluding carboxylic acids is 1. The minimum Gasteiger partial charge on any atom is -0.462 e. The first-order chi connectivity index (χ1) is 9.24. The maximum atomic E-state index is 11.8. The lowest BCUT2D eigenvalue weighted by atomic mass is 10.2. The smallest absolute Gasteiger partial charge is 0.340 e. The summed E-state index contributed by atoms with van der Waals surface area (Å²) in [6.45, 7) is 5.03. The molecule has 104 valence electrons. The van der Waals surface area contributed by atoms with Gasteiger partial charge in [0, 0.05) is 25.9 Å².